The minimum Gasteiger partial charge on any atom is -0.495 e. The largest absolute Gasteiger partial charge is 0.495 e. The van der Waals surface area contributed by atoms with Crippen LogP contribution in [0.15, 0.2) is 35.9 Å². The van der Waals surface area contributed by atoms with Crippen molar-refractivity contribution >= 4 is 35.3 Å². The fourth-order valence-corrected chi connectivity index (χ4v) is 6.19. The molecule has 0 spiro atoms. The molecule has 7 atom stereocenters. The molecule has 0 unspecified atom stereocenters. The lowest BCUT2D eigenvalue weighted by Gasteiger charge is -2.42. The number of fused-ring (bicyclic) bond motifs is 5. The molecule has 2 N–H and O–H groups in total. The van der Waals surface area contributed by atoms with Gasteiger partial charge in [0.25, 0.3) is 0 Å². The van der Waals surface area contributed by atoms with Crippen molar-refractivity contribution in [3.63, 3.8) is 0 Å². The van der Waals surface area contributed by atoms with E-state index in [1.807, 2.05) is 32.1 Å². The predicted molar refractivity (Wildman–Crippen MR) is 164 cm³/mol. The second kappa shape index (κ2) is 13.1. The molecule has 4 bridgehead atoms. The molecule has 12 heteroatoms. The SMILES string of the molecule is COc1cc2cc(c1Cl)N(C)C(=O)C[C@H](OC(=O)C(C)C)[C@]1(C)O[C@@H]1[C@H](C)[C@@H]1C[C@@](O)(NC(=O)O1)[C@H](OC)/C=C/C=C(\C)C2. The number of carbonyl (C=O) groups is 3. The Morgan fingerprint density at radius 3 is 2.59 bits per heavy atom. The summed E-state index contributed by atoms with van der Waals surface area (Å²) in [5.41, 5.74) is -0.587. The number of benzene rings is 1. The van der Waals surface area contributed by atoms with Crippen LogP contribution in [0.2, 0.25) is 5.02 Å². The molecule has 4 rings (SSSR count). The van der Waals surface area contributed by atoms with Gasteiger partial charge in [0, 0.05) is 26.5 Å². The van der Waals surface area contributed by atoms with Crippen molar-refractivity contribution in [3.05, 3.63) is 46.5 Å². The number of anilines is 1. The Kier molecular flexibility index (Phi) is 10.0. The molecular weight excluding hydrogens is 592 g/mol. The number of epoxide rings is 1. The number of nitrogens with zero attached hydrogens (tertiary/aromatic N) is 1. The van der Waals surface area contributed by atoms with Gasteiger partial charge in [-0.3, -0.25) is 14.9 Å². The molecule has 0 aliphatic carbocycles. The summed E-state index contributed by atoms with van der Waals surface area (Å²) in [5.74, 6) is -1.30. The van der Waals surface area contributed by atoms with Gasteiger partial charge < -0.3 is 33.7 Å². The zero-order valence-electron chi connectivity index (χ0n) is 26.5. The molecule has 2 saturated heterocycles. The highest BCUT2D eigenvalue weighted by molar-refractivity contribution is 6.35. The Labute approximate surface area is 263 Å². The Morgan fingerprint density at radius 1 is 1.25 bits per heavy atom. The third-order valence-electron chi connectivity index (χ3n) is 8.68. The van der Waals surface area contributed by atoms with Crippen molar-refractivity contribution in [2.75, 3.05) is 26.2 Å². The number of rotatable bonds is 4. The minimum atomic E-state index is -1.77. The molecule has 0 aromatic heterocycles. The van der Waals surface area contributed by atoms with E-state index in [1.165, 1.54) is 19.1 Å². The summed E-state index contributed by atoms with van der Waals surface area (Å²) >= 11 is 6.68. The smallest absolute Gasteiger partial charge is 0.409 e. The average molecular weight is 635 g/mol. The summed E-state index contributed by atoms with van der Waals surface area (Å²) in [5, 5.41) is 14.4. The monoisotopic (exact) mass is 634 g/mol. The van der Waals surface area contributed by atoms with E-state index in [2.05, 4.69) is 5.32 Å². The molecule has 2 amide bonds. The molecule has 2 fully saturated rings. The van der Waals surface area contributed by atoms with Gasteiger partial charge in [0.1, 0.15) is 34.7 Å². The number of hydrogen-bond acceptors (Lipinski definition) is 9. The second-order valence-electron chi connectivity index (χ2n) is 12.4. The number of alkyl carbamates (subject to hydrolysis) is 1. The molecule has 3 aliphatic rings. The number of allylic oxidation sites excluding steroid dienone is 3. The van der Waals surface area contributed by atoms with E-state index in [4.69, 9.17) is 35.3 Å². The Hall–Kier alpha value is -3.12. The number of methoxy groups -OCH3 is 2. The summed E-state index contributed by atoms with van der Waals surface area (Å²) in [4.78, 5) is 40.7. The van der Waals surface area contributed by atoms with Gasteiger partial charge >= 0.3 is 12.1 Å². The molecule has 11 nitrogen and oxygen atoms in total. The maximum Gasteiger partial charge on any atom is 0.409 e. The fraction of sp³-hybridized carbons (Fsp3) is 0.594. The summed E-state index contributed by atoms with van der Waals surface area (Å²) in [6.45, 7) is 8.95. The van der Waals surface area contributed by atoms with Crippen molar-refractivity contribution in [1.29, 1.82) is 0 Å². The number of halogens is 1. The number of hydrogen-bond donors (Lipinski definition) is 2. The first kappa shape index (κ1) is 33.8. The molecule has 3 aliphatic heterocycles. The summed E-state index contributed by atoms with van der Waals surface area (Å²) < 4.78 is 28.8. The second-order valence-corrected chi connectivity index (χ2v) is 12.8. The molecule has 0 radical (unpaired) electrons. The lowest BCUT2D eigenvalue weighted by Crippen LogP contribution is -2.63. The van der Waals surface area contributed by atoms with Crippen LogP contribution in [-0.4, -0.2) is 80.1 Å². The number of esters is 1. The van der Waals surface area contributed by atoms with Crippen LogP contribution in [0.1, 0.15) is 53.0 Å². The standard InChI is InChI=1S/C32H43ClN2O9/c1-17(2)29(37)43-25-15-26(36)35(6)21-13-20(14-22(40-7)27(21)33)12-18(3)10-9-11-24(41-8)32(39)16-23(42-30(38)34-32)19(4)28-31(25,5)44-28/h9-11,13-14,17,19,23-25,28,39H,12,15-16H2,1-8H3,(H,34,38)/b11-9+,18-10+/t19-,23+,24-,25+,28-,31+,32+/m1/s1. The van der Waals surface area contributed by atoms with E-state index >= 15 is 0 Å². The van der Waals surface area contributed by atoms with Crippen molar-refractivity contribution in [2.45, 2.75) is 89.6 Å². The van der Waals surface area contributed by atoms with Gasteiger partial charge in [-0.25, -0.2) is 4.79 Å². The normalized spacial score (nSPS) is 34.7. The average Bonchev–Trinajstić information content (AvgIpc) is 3.66. The highest BCUT2D eigenvalue weighted by Crippen LogP contribution is 2.49. The maximum atomic E-state index is 13.8. The molecule has 3 heterocycles. The third kappa shape index (κ3) is 6.91. The minimum absolute atomic E-state index is 0.00361. The number of carbonyl (C=O) groups excluding carboxylic acids is 3. The van der Waals surface area contributed by atoms with Crippen LogP contribution in [0, 0.1) is 11.8 Å². The van der Waals surface area contributed by atoms with Gasteiger partial charge in [0.2, 0.25) is 5.91 Å². The Bertz CT molecular complexity index is 1350. The van der Waals surface area contributed by atoms with Crippen molar-refractivity contribution in [3.8, 4) is 5.75 Å². The van der Waals surface area contributed by atoms with Crippen LogP contribution in [0.4, 0.5) is 10.5 Å². The molecule has 1 aromatic carbocycles. The molecule has 0 saturated carbocycles. The van der Waals surface area contributed by atoms with Crippen LogP contribution in [0.5, 0.6) is 5.75 Å². The first-order valence-corrected chi connectivity index (χ1v) is 15.1. The van der Waals surface area contributed by atoms with Crippen LogP contribution >= 0.6 is 11.6 Å². The van der Waals surface area contributed by atoms with Crippen molar-refractivity contribution in [1.82, 2.24) is 5.32 Å². The van der Waals surface area contributed by atoms with Crippen molar-refractivity contribution < 1.29 is 43.2 Å². The van der Waals surface area contributed by atoms with E-state index in [1.54, 1.807) is 40.0 Å². The Balaban J connectivity index is 1.80. The molecule has 1 aromatic rings. The van der Waals surface area contributed by atoms with Gasteiger partial charge in [-0.05, 0) is 38.0 Å². The predicted octanol–water partition coefficient (Wildman–Crippen LogP) is 4.32. The summed E-state index contributed by atoms with van der Waals surface area (Å²) in [7, 11) is 4.56. The van der Waals surface area contributed by atoms with Crippen LogP contribution in [0.3, 0.4) is 0 Å². The quantitative estimate of drug-likeness (QED) is 0.366. The van der Waals surface area contributed by atoms with Crippen LogP contribution in [-0.2, 0) is 35.0 Å². The number of ether oxygens (including phenoxy) is 5. The Morgan fingerprint density at radius 2 is 1.95 bits per heavy atom. The lowest BCUT2D eigenvalue weighted by molar-refractivity contribution is -0.157. The topological polar surface area (TPSA) is 136 Å². The van der Waals surface area contributed by atoms with Crippen molar-refractivity contribution in [2.24, 2.45) is 11.8 Å². The van der Waals surface area contributed by atoms with E-state index < -0.39 is 59.6 Å². The first-order chi connectivity index (χ1) is 20.6. The van der Waals surface area contributed by atoms with Gasteiger partial charge in [-0.2, -0.15) is 0 Å². The number of nitrogens with one attached hydrogen (secondary N) is 1. The number of aliphatic hydroxyl groups is 1. The molecular formula is C32H43ClN2O9. The maximum absolute atomic E-state index is 13.8. The lowest BCUT2D eigenvalue weighted by atomic mass is 9.83. The summed E-state index contributed by atoms with van der Waals surface area (Å²) in [6.07, 6.45) is 1.65. The van der Waals surface area contributed by atoms with Gasteiger partial charge in [0.05, 0.1) is 31.2 Å². The van der Waals surface area contributed by atoms with E-state index in [-0.39, 0.29) is 23.8 Å². The van der Waals surface area contributed by atoms with Gasteiger partial charge in [-0.15, -0.1) is 0 Å². The van der Waals surface area contributed by atoms with Crippen LogP contribution < -0.4 is 15.0 Å². The highest BCUT2D eigenvalue weighted by atomic mass is 35.5. The molecule has 44 heavy (non-hydrogen) atoms. The van der Waals surface area contributed by atoms with Gasteiger partial charge in [0.15, 0.2) is 5.72 Å². The van der Waals surface area contributed by atoms with E-state index in [0.717, 1.165) is 11.1 Å². The fourth-order valence-electron chi connectivity index (χ4n) is 5.88. The van der Waals surface area contributed by atoms with E-state index in [9.17, 15) is 19.5 Å². The first-order valence-electron chi connectivity index (χ1n) is 14.7. The third-order valence-corrected chi connectivity index (χ3v) is 9.06. The van der Waals surface area contributed by atoms with Gasteiger partial charge in [-0.1, -0.05) is 56.2 Å². The molecule has 242 valence electrons. The zero-order chi connectivity index (χ0) is 32.6. The highest BCUT2D eigenvalue weighted by Gasteiger charge is 2.64. The zero-order valence-corrected chi connectivity index (χ0v) is 27.3. The summed E-state index contributed by atoms with van der Waals surface area (Å²) in [6, 6.07) is 3.63. The van der Waals surface area contributed by atoms with E-state index in [0.29, 0.717) is 17.9 Å². The number of amides is 2. The van der Waals surface area contributed by atoms with Crippen LogP contribution in [0.25, 0.3) is 0 Å².